The number of nitrogens with zero attached hydrogens (tertiary/aromatic N) is 4. The maximum absolute atomic E-state index is 12.4. The maximum atomic E-state index is 12.4. The molecular weight excluding hydrogens is 290 g/mol. The molecule has 6 nitrogen and oxygen atoms in total. The number of fused-ring (bicyclic) bond motifs is 1. The van der Waals surface area contributed by atoms with Gasteiger partial charge in [-0.25, -0.2) is 9.67 Å². The van der Waals surface area contributed by atoms with Crippen LogP contribution in [0.3, 0.4) is 0 Å². The van der Waals surface area contributed by atoms with Crippen molar-refractivity contribution in [3.05, 3.63) is 53.5 Å². The molecule has 1 N–H and O–H groups in total. The molecule has 2 heterocycles. The minimum absolute atomic E-state index is 0.0592. The topological polar surface area (TPSA) is 66.8 Å². The molecule has 23 heavy (non-hydrogen) atoms. The van der Waals surface area contributed by atoms with Crippen molar-refractivity contribution in [2.24, 2.45) is 0 Å². The zero-order chi connectivity index (χ0) is 16.6. The Morgan fingerprint density at radius 3 is 2.70 bits per heavy atom. The summed E-state index contributed by atoms with van der Waals surface area (Å²) in [5, 5.41) is 4.48. The van der Waals surface area contributed by atoms with Gasteiger partial charge in [-0.15, -0.1) is 0 Å². The van der Waals surface area contributed by atoms with Gasteiger partial charge >= 0.3 is 0 Å². The van der Waals surface area contributed by atoms with Crippen molar-refractivity contribution in [1.82, 2.24) is 24.6 Å². The predicted octanol–water partition coefficient (Wildman–Crippen LogP) is 2.62. The van der Waals surface area contributed by atoms with Gasteiger partial charge in [0, 0.05) is 26.4 Å². The van der Waals surface area contributed by atoms with Crippen LogP contribution in [-0.2, 0) is 0 Å². The highest BCUT2D eigenvalue weighted by atomic mass is 16.1. The van der Waals surface area contributed by atoms with Crippen LogP contribution in [-0.4, -0.2) is 44.5 Å². The van der Waals surface area contributed by atoms with Gasteiger partial charge in [0.25, 0.3) is 0 Å². The molecule has 0 saturated carbocycles. The summed E-state index contributed by atoms with van der Waals surface area (Å²) in [6, 6.07) is 7.79. The summed E-state index contributed by atoms with van der Waals surface area (Å²) in [5.41, 5.74) is 3.89. The van der Waals surface area contributed by atoms with Crippen molar-refractivity contribution in [1.29, 1.82) is 0 Å². The highest BCUT2D eigenvalue weighted by Gasteiger charge is 2.19. The van der Waals surface area contributed by atoms with Crippen LogP contribution in [0.2, 0.25) is 0 Å². The molecule has 0 radical (unpaired) electrons. The summed E-state index contributed by atoms with van der Waals surface area (Å²) < 4.78 is 1.69. The van der Waals surface area contributed by atoms with Gasteiger partial charge in [-0.3, -0.25) is 4.79 Å². The summed E-state index contributed by atoms with van der Waals surface area (Å²) in [6.07, 6.45) is 3.29. The summed E-state index contributed by atoms with van der Waals surface area (Å²) in [7, 11) is 3.75. The third-order valence-electron chi connectivity index (χ3n) is 3.64. The Labute approximate surface area is 134 Å². The van der Waals surface area contributed by atoms with Gasteiger partial charge in [0.2, 0.25) is 5.95 Å². The molecule has 0 amide bonds. The summed E-state index contributed by atoms with van der Waals surface area (Å²) in [5.74, 6) is 0.554. The molecular formula is C17H19N5O. The summed E-state index contributed by atoms with van der Waals surface area (Å²) in [4.78, 5) is 22.0. The second-order valence-corrected chi connectivity index (χ2v) is 5.68. The van der Waals surface area contributed by atoms with Crippen LogP contribution in [0.15, 0.2) is 36.5 Å². The normalized spacial score (nSPS) is 11.5. The Morgan fingerprint density at radius 2 is 2.00 bits per heavy atom. The van der Waals surface area contributed by atoms with E-state index in [4.69, 9.17) is 0 Å². The number of benzene rings is 1. The zero-order valence-corrected chi connectivity index (χ0v) is 13.7. The zero-order valence-electron chi connectivity index (χ0n) is 13.7. The van der Waals surface area contributed by atoms with E-state index < -0.39 is 0 Å². The number of hydrogen-bond acceptors (Lipinski definition) is 4. The smallest absolute Gasteiger partial charge is 0.229 e. The minimum Gasteiger partial charge on any atom is -0.383 e. The van der Waals surface area contributed by atoms with Gasteiger partial charge in [-0.1, -0.05) is 12.1 Å². The van der Waals surface area contributed by atoms with E-state index in [0.717, 1.165) is 16.7 Å². The molecule has 3 rings (SSSR count). The Balaban J connectivity index is 2.05. The van der Waals surface area contributed by atoms with Crippen molar-refractivity contribution in [2.45, 2.75) is 13.8 Å². The average molecular weight is 309 g/mol. The number of allylic oxidation sites excluding steroid dienone is 1. The Morgan fingerprint density at radius 1 is 1.26 bits per heavy atom. The molecule has 0 saturated heterocycles. The number of imidazole rings is 1. The van der Waals surface area contributed by atoms with Gasteiger partial charge in [0.05, 0.1) is 28.0 Å². The van der Waals surface area contributed by atoms with Crippen LogP contribution in [0.1, 0.15) is 21.7 Å². The molecule has 1 aromatic carbocycles. The number of rotatable bonds is 4. The van der Waals surface area contributed by atoms with E-state index in [-0.39, 0.29) is 5.78 Å². The summed E-state index contributed by atoms with van der Waals surface area (Å²) in [6.45, 7) is 3.72. The number of nitrogens with one attached hydrogen (secondary N) is 1. The second kappa shape index (κ2) is 5.72. The number of ketones is 1. The van der Waals surface area contributed by atoms with Crippen LogP contribution in [0, 0.1) is 13.8 Å². The van der Waals surface area contributed by atoms with Crippen molar-refractivity contribution < 1.29 is 4.79 Å². The number of carbonyl (C=O) groups excluding carboxylic acids is 1. The van der Waals surface area contributed by atoms with Gasteiger partial charge < -0.3 is 9.88 Å². The molecule has 118 valence electrons. The average Bonchev–Trinajstić information content (AvgIpc) is 3.05. The van der Waals surface area contributed by atoms with Crippen molar-refractivity contribution in [2.75, 3.05) is 14.1 Å². The number of aromatic nitrogens is 4. The Hall–Kier alpha value is -2.89. The monoisotopic (exact) mass is 309 g/mol. The van der Waals surface area contributed by atoms with E-state index in [1.54, 1.807) is 17.0 Å². The highest BCUT2D eigenvalue weighted by molar-refractivity contribution is 6.06. The quantitative estimate of drug-likeness (QED) is 0.594. The molecule has 0 unspecified atom stereocenters. The van der Waals surface area contributed by atoms with Crippen LogP contribution in [0.25, 0.3) is 17.0 Å². The molecule has 0 aliphatic heterocycles. The van der Waals surface area contributed by atoms with Crippen molar-refractivity contribution in [3.63, 3.8) is 0 Å². The SMILES string of the molecule is Cc1nn(-c2nc3ccccc3[nH]2)c(C)c1C(=O)/C=C/N(C)C. The van der Waals surface area contributed by atoms with Crippen LogP contribution >= 0.6 is 0 Å². The third kappa shape index (κ3) is 2.75. The number of aryl methyl sites for hydroxylation is 1. The van der Waals surface area contributed by atoms with Crippen molar-refractivity contribution >= 4 is 16.8 Å². The van der Waals surface area contributed by atoms with Crippen LogP contribution in [0.4, 0.5) is 0 Å². The molecule has 0 bridgehead atoms. The number of para-hydroxylation sites is 2. The molecule has 0 spiro atoms. The maximum Gasteiger partial charge on any atom is 0.229 e. The van der Waals surface area contributed by atoms with Crippen molar-refractivity contribution in [3.8, 4) is 5.95 Å². The van der Waals surface area contributed by atoms with E-state index in [1.807, 2.05) is 57.1 Å². The Bertz CT molecular complexity index is 868. The lowest BCUT2D eigenvalue weighted by Crippen LogP contribution is -2.05. The van der Waals surface area contributed by atoms with E-state index in [0.29, 0.717) is 17.2 Å². The first-order valence-corrected chi connectivity index (χ1v) is 7.37. The van der Waals surface area contributed by atoms with E-state index in [9.17, 15) is 4.79 Å². The van der Waals surface area contributed by atoms with E-state index in [1.165, 1.54) is 0 Å². The number of carbonyl (C=O) groups is 1. The molecule has 0 aliphatic rings. The number of hydrogen-bond donors (Lipinski definition) is 1. The van der Waals surface area contributed by atoms with E-state index >= 15 is 0 Å². The first kappa shape index (κ1) is 15.0. The molecule has 2 aromatic heterocycles. The lowest BCUT2D eigenvalue weighted by Gasteiger charge is -2.03. The molecule has 3 aromatic rings. The first-order valence-electron chi connectivity index (χ1n) is 7.37. The molecule has 0 aliphatic carbocycles. The fourth-order valence-electron chi connectivity index (χ4n) is 2.55. The predicted molar refractivity (Wildman–Crippen MR) is 89.8 cm³/mol. The number of H-pyrrole nitrogens is 1. The van der Waals surface area contributed by atoms with Gasteiger partial charge in [-0.2, -0.15) is 5.10 Å². The fraction of sp³-hybridized carbons (Fsp3) is 0.235. The van der Waals surface area contributed by atoms with Crippen LogP contribution < -0.4 is 0 Å². The van der Waals surface area contributed by atoms with E-state index in [2.05, 4.69) is 15.1 Å². The van der Waals surface area contributed by atoms with Gasteiger partial charge in [-0.05, 0) is 26.0 Å². The lowest BCUT2D eigenvalue weighted by molar-refractivity contribution is 0.104. The van der Waals surface area contributed by atoms with Gasteiger partial charge in [0.15, 0.2) is 5.78 Å². The first-order chi connectivity index (χ1) is 11.0. The highest BCUT2D eigenvalue weighted by Crippen LogP contribution is 2.19. The fourth-order valence-corrected chi connectivity index (χ4v) is 2.55. The largest absolute Gasteiger partial charge is 0.383 e. The second-order valence-electron chi connectivity index (χ2n) is 5.68. The lowest BCUT2D eigenvalue weighted by atomic mass is 10.1. The number of aromatic amines is 1. The minimum atomic E-state index is -0.0592. The summed E-state index contributed by atoms with van der Waals surface area (Å²) >= 11 is 0. The third-order valence-corrected chi connectivity index (χ3v) is 3.64. The molecule has 0 fully saturated rings. The van der Waals surface area contributed by atoms with Crippen LogP contribution in [0.5, 0.6) is 0 Å². The molecule has 0 atom stereocenters. The standard InChI is InChI=1S/C17H19N5O/c1-11-16(15(23)9-10-21(3)4)12(2)22(20-11)17-18-13-7-5-6-8-14(13)19-17/h5-10H,1-4H3,(H,18,19)/b10-9+. The van der Waals surface area contributed by atoms with Gasteiger partial charge in [0.1, 0.15) is 0 Å². The molecule has 6 heteroatoms. The Kier molecular flexibility index (Phi) is 3.73.